The highest BCUT2D eigenvalue weighted by Crippen LogP contribution is 2.21. The van der Waals surface area contributed by atoms with Gasteiger partial charge in [-0.25, -0.2) is 0 Å². The molecular weight excluding hydrogens is 233 g/mol. The molecule has 0 aromatic heterocycles. The van der Waals surface area contributed by atoms with Crippen molar-refractivity contribution in [1.82, 2.24) is 10.2 Å². The Morgan fingerprint density at radius 1 is 1.35 bits per heavy atom. The molecule has 0 bridgehead atoms. The van der Waals surface area contributed by atoms with Crippen LogP contribution < -0.4 is 5.32 Å². The van der Waals surface area contributed by atoms with Gasteiger partial charge in [0.2, 0.25) is 0 Å². The van der Waals surface area contributed by atoms with Crippen molar-refractivity contribution in [3.63, 3.8) is 0 Å². The van der Waals surface area contributed by atoms with Crippen molar-refractivity contribution in [1.29, 1.82) is 0 Å². The van der Waals surface area contributed by atoms with Crippen LogP contribution in [-0.4, -0.2) is 55.0 Å². The van der Waals surface area contributed by atoms with Gasteiger partial charge in [0.05, 0.1) is 0 Å². The van der Waals surface area contributed by atoms with Gasteiger partial charge in [0.15, 0.2) is 6.10 Å². The van der Waals surface area contributed by atoms with Crippen molar-refractivity contribution >= 4 is 0 Å². The molecule has 102 valence electrons. The van der Waals surface area contributed by atoms with Crippen LogP contribution in [-0.2, 0) is 0 Å². The molecule has 0 aliphatic carbocycles. The second-order valence-corrected chi connectivity index (χ2v) is 4.60. The molecule has 17 heavy (non-hydrogen) atoms. The van der Waals surface area contributed by atoms with Crippen LogP contribution in [0, 0.1) is 5.92 Å². The maximum absolute atomic E-state index is 12.2. The van der Waals surface area contributed by atoms with Crippen molar-refractivity contribution in [2.75, 3.05) is 32.7 Å². The molecule has 1 heterocycles. The van der Waals surface area contributed by atoms with Gasteiger partial charge in [-0.1, -0.05) is 6.92 Å². The van der Waals surface area contributed by atoms with E-state index in [1.54, 1.807) is 4.90 Å². The zero-order valence-corrected chi connectivity index (χ0v) is 10.1. The molecule has 1 rings (SSSR count). The highest BCUT2D eigenvalue weighted by molar-refractivity contribution is 4.75. The molecule has 1 aliphatic heterocycles. The van der Waals surface area contributed by atoms with Crippen LogP contribution in [0.25, 0.3) is 0 Å². The Labute approximate surface area is 100.0 Å². The standard InChI is InChI=1S/C11H21F3N2O/c1-2-16(8-10(17)11(12,13)14)7-9-3-5-15-6-4-9/h9-10,15,17H,2-8H2,1H3. The minimum absolute atomic E-state index is 0.316. The van der Waals surface area contributed by atoms with Crippen LogP contribution in [0.2, 0.25) is 0 Å². The fourth-order valence-corrected chi connectivity index (χ4v) is 2.11. The predicted octanol–water partition coefficient (Wildman–Crippen LogP) is 1.23. The molecule has 2 N–H and O–H groups in total. The number of hydrogen-bond donors (Lipinski definition) is 2. The van der Waals surface area contributed by atoms with E-state index in [2.05, 4.69) is 5.32 Å². The van der Waals surface area contributed by atoms with Crippen LogP contribution in [0.3, 0.4) is 0 Å². The molecule has 0 saturated carbocycles. The normalized spacial score (nSPS) is 20.8. The molecule has 1 atom stereocenters. The highest BCUT2D eigenvalue weighted by Gasteiger charge is 2.39. The van der Waals surface area contributed by atoms with Crippen LogP contribution in [0.1, 0.15) is 19.8 Å². The van der Waals surface area contributed by atoms with Gasteiger partial charge >= 0.3 is 6.18 Å². The first-order valence-electron chi connectivity index (χ1n) is 6.11. The first kappa shape index (κ1) is 14.7. The van der Waals surface area contributed by atoms with Gasteiger partial charge < -0.3 is 15.3 Å². The average Bonchev–Trinajstić information content (AvgIpc) is 2.28. The maximum atomic E-state index is 12.2. The van der Waals surface area contributed by atoms with E-state index in [1.807, 2.05) is 6.92 Å². The van der Waals surface area contributed by atoms with E-state index < -0.39 is 12.3 Å². The number of hydrogen-bond acceptors (Lipinski definition) is 3. The highest BCUT2D eigenvalue weighted by atomic mass is 19.4. The number of aliphatic hydroxyl groups excluding tert-OH is 1. The Kier molecular flexibility index (Phi) is 5.69. The zero-order valence-electron chi connectivity index (χ0n) is 10.1. The minimum atomic E-state index is -4.51. The summed E-state index contributed by atoms with van der Waals surface area (Å²) in [6.45, 7) is 4.56. The average molecular weight is 254 g/mol. The molecule has 0 aromatic rings. The lowest BCUT2D eigenvalue weighted by molar-refractivity contribution is -0.208. The minimum Gasteiger partial charge on any atom is -0.382 e. The summed E-state index contributed by atoms with van der Waals surface area (Å²) < 4.78 is 36.7. The van der Waals surface area contributed by atoms with E-state index in [-0.39, 0.29) is 6.54 Å². The number of likely N-dealkylation sites (N-methyl/N-ethyl adjacent to an activating group) is 1. The van der Waals surface area contributed by atoms with Gasteiger partial charge in [-0.05, 0) is 38.4 Å². The number of alkyl halides is 3. The van der Waals surface area contributed by atoms with Crippen molar-refractivity contribution in [2.24, 2.45) is 5.92 Å². The first-order valence-corrected chi connectivity index (χ1v) is 6.11. The monoisotopic (exact) mass is 254 g/mol. The first-order chi connectivity index (χ1) is 7.93. The lowest BCUT2D eigenvalue weighted by Gasteiger charge is -2.30. The van der Waals surface area contributed by atoms with E-state index in [9.17, 15) is 13.2 Å². The summed E-state index contributed by atoms with van der Waals surface area (Å²) in [6.07, 6.45) is -4.75. The third kappa shape index (κ3) is 5.23. The van der Waals surface area contributed by atoms with Gasteiger partial charge in [0.1, 0.15) is 0 Å². The van der Waals surface area contributed by atoms with Gasteiger partial charge in [-0.3, -0.25) is 0 Å². The molecular formula is C11H21F3N2O. The smallest absolute Gasteiger partial charge is 0.382 e. The quantitative estimate of drug-likeness (QED) is 0.774. The summed E-state index contributed by atoms with van der Waals surface area (Å²) in [5.41, 5.74) is 0. The van der Waals surface area contributed by atoms with Crippen molar-refractivity contribution in [3.05, 3.63) is 0 Å². The van der Waals surface area contributed by atoms with Gasteiger partial charge in [0.25, 0.3) is 0 Å². The third-order valence-electron chi connectivity index (χ3n) is 3.23. The lowest BCUT2D eigenvalue weighted by Crippen LogP contribution is -2.44. The molecule has 6 heteroatoms. The molecule has 3 nitrogen and oxygen atoms in total. The Hall–Kier alpha value is -0.330. The number of aliphatic hydroxyl groups is 1. The summed E-state index contributed by atoms with van der Waals surface area (Å²) in [4.78, 5) is 1.69. The summed E-state index contributed by atoms with van der Waals surface area (Å²) in [7, 11) is 0. The topological polar surface area (TPSA) is 35.5 Å². The zero-order chi connectivity index (χ0) is 12.9. The van der Waals surface area contributed by atoms with E-state index in [0.717, 1.165) is 25.9 Å². The molecule has 0 spiro atoms. The van der Waals surface area contributed by atoms with Crippen molar-refractivity contribution < 1.29 is 18.3 Å². The molecule has 0 radical (unpaired) electrons. The summed E-state index contributed by atoms with van der Waals surface area (Å²) in [5.74, 6) is 0.441. The number of nitrogens with one attached hydrogen (secondary N) is 1. The van der Waals surface area contributed by atoms with Crippen molar-refractivity contribution in [2.45, 2.75) is 32.0 Å². The van der Waals surface area contributed by atoms with Crippen LogP contribution in [0.15, 0.2) is 0 Å². The number of nitrogens with zero attached hydrogens (tertiary/aromatic N) is 1. The third-order valence-corrected chi connectivity index (χ3v) is 3.23. The lowest BCUT2D eigenvalue weighted by atomic mass is 9.97. The van der Waals surface area contributed by atoms with Crippen LogP contribution >= 0.6 is 0 Å². The number of halogens is 3. The molecule has 0 aromatic carbocycles. The summed E-state index contributed by atoms with van der Waals surface area (Å²) >= 11 is 0. The Morgan fingerprint density at radius 3 is 2.41 bits per heavy atom. The Bertz CT molecular complexity index is 217. The summed E-state index contributed by atoms with van der Waals surface area (Å²) in [6, 6.07) is 0. The van der Waals surface area contributed by atoms with E-state index in [4.69, 9.17) is 5.11 Å². The van der Waals surface area contributed by atoms with Gasteiger partial charge in [0, 0.05) is 13.1 Å². The summed E-state index contributed by atoms with van der Waals surface area (Å²) in [5, 5.41) is 12.3. The van der Waals surface area contributed by atoms with Gasteiger partial charge in [-0.15, -0.1) is 0 Å². The molecule has 0 amide bonds. The van der Waals surface area contributed by atoms with Crippen molar-refractivity contribution in [3.8, 4) is 0 Å². The second-order valence-electron chi connectivity index (χ2n) is 4.60. The molecule has 1 aliphatic rings. The molecule has 1 fully saturated rings. The van der Waals surface area contributed by atoms with E-state index >= 15 is 0 Å². The fourth-order valence-electron chi connectivity index (χ4n) is 2.11. The SMILES string of the molecule is CCN(CC1CCNCC1)CC(O)C(F)(F)F. The Balaban J connectivity index is 2.37. The van der Waals surface area contributed by atoms with E-state index in [0.29, 0.717) is 19.0 Å². The van der Waals surface area contributed by atoms with Crippen LogP contribution in [0.4, 0.5) is 13.2 Å². The van der Waals surface area contributed by atoms with E-state index in [1.165, 1.54) is 0 Å². The Morgan fingerprint density at radius 2 is 1.94 bits per heavy atom. The van der Waals surface area contributed by atoms with Gasteiger partial charge in [-0.2, -0.15) is 13.2 Å². The number of rotatable bonds is 5. The van der Waals surface area contributed by atoms with Crippen LogP contribution in [0.5, 0.6) is 0 Å². The molecule has 1 saturated heterocycles. The molecule has 1 unspecified atom stereocenters. The number of piperidine rings is 1. The maximum Gasteiger partial charge on any atom is 0.415 e. The largest absolute Gasteiger partial charge is 0.415 e. The predicted molar refractivity (Wildman–Crippen MR) is 59.8 cm³/mol. The second kappa shape index (κ2) is 6.56. The fraction of sp³-hybridized carbons (Fsp3) is 1.00.